The van der Waals surface area contributed by atoms with Crippen LogP contribution in [0.15, 0.2) is 18.2 Å². The van der Waals surface area contributed by atoms with E-state index in [2.05, 4.69) is 25.7 Å². The second-order valence-corrected chi connectivity index (χ2v) is 4.93. The molecule has 4 nitrogen and oxygen atoms in total. The van der Waals surface area contributed by atoms with Gasteiger partial charge in [0, 0.05) is 37.4 Å². The van der Waals surface area contributed by atoms with Gasteiger partial charge in [0.2, 0.25) is 0 Å². The van der Waals surface area contributed by atoms with E-state index in [9.17, 15) is 5.11 Å². The molecule has 0 fully saturated rings. The molecule has 1 unspecified atom stereocenters. The van der Waals surface area contributed by atoms with E-state index in [-0.39, 0.29) is 11.8 Å². The van der Waals surface area contributed by atoms with E-state index in [0.717, 1.165) is 12.1 Å². The number of rotatable bonds is 7. The van der Waals surface area contributed by atoms with E-state index < -0.39 is 0 Å². The van der Waals surface area contributed by atoms with E-state index in [1.165, 1.54) is 0 Å². The Labute approximate surface area is 115 Å². The topological polar surface area (TPSA) is 41.9 Å². The van der Waals surface area contributed by atoms with Gasteiger partial charge in [0.25, 0.3) is 0 Å². The minimum Gasteiger partial charge on any atom is -0.507 e. The molecule has 1 atom stereocenters. The molecular weight excluding hydrogens is 242 g/mol. The Morgan fingerprint density at radius 2 is 1.89 bits per heavy atom. The minimum absolute atomic E-state index is 0.126. The van der Waals surface area contributed by atoms with Crippen LogP contribution < -0.4 is 4.74 Å². The van der Waals surface area contributed by atoms with Gasteiger partial charge in [0.05, 0.1) is 13.7 Å². The zero-order valence-corrected chi connectivity index (χ0v) is 12.5. The van der Waals surface area contributed by atoms with Gasteiger partial charge in [-0.25, -0.2) is 0 Å². The first kappa shape index (κ1) is 15.8. The molecule has 1 rings (SSSR count). The molecule has 4 heteroatoms. The van der Waals surface area contributed by atoms with E-state index in [1.807, 2.05) is 12.1 Å². The lowest BCUT2D eigenvalue weighted by Gasteiger charge is -2.33. The molecule has 108 valence electrons. The molecule has 0 saturated carbocycles. The third kappa shape index (κ3) is 4.11. The summed E-state index contributed by atoms with van der Waals surface area (Å²) in [6, 6.07) is 5.95. The summed E-state index contributed by atoms with van der Waals surface area (Å²) in [5.74, 6) is 0.941. The molecule has 0 radical (unpaired) electrons. The lowest BCUT2D eigenvalue weighted by atomic mass is 10.0. The number of ether oxygens (including phenoxy) is 2. The van der Waals surface area contributed by atoms with Crippen molar-refractivity contribution >= 4 is 0 Å². The second-order valence-electron chi connectivity index (χ2n) is 4.93. The number of phenolic OH excluding ortho intramolecular Hbond substituents is 1. The molecule has 1 N–H and O–H groups in total. The van der Waals surface area contributed by atoms with Crippen molar-refractivity contribution in [1.82, 2.24) is 4.90 Å². The maximum Gasteiger partial charge on any atom is 0.124 e. The van der Waals surface area contributed by atoms with Crippen molar-refractivity contribution in [3.05, 3.63) is 23.8 Å². The van der Waals surface area contributed by atoms with Crippen LogP contribution >= 0.6 is 0 Å². The summed E-state index contributed by atoms with van der Waals surface area (Å²) in [6.45, 7) is 7.90. The van der Waals surface area contributed by atoms with Crippen molar-refractivity contribution in [2.45, 2.75) is 32.9 Å². The van der Waals surface area contributed by atoms with Crippen molar-refractivity contribution < 1.29 is 14.6 Å². The molecule has 0 aromatic heterocycles. The first-order valence-electron chi connectivity index (χ1n) is 6.62. The summed E-state index contributed by atoms with van der Waals surface area (Å²) in [7, 11) is 3.30. The SMILES string of the molecule is COCCN(C(C)C)C(C)c1ccc(OC)cc1O. The van der Waals surface area contributed by atoms with Crippen LogP contribution in [-0.2, 0) is 4.74 Å². The van der Waals surface area contributed by atoms with Crippen molar-refractivity contribution in [1.29, 1.82) is 0 Å². The highest BCUT2D eigenvalue weighted by molar-refractivity contribution is 5.41. The first-order chi connectivity index (χ1) is 9.01. The average molecular weight is 267 g/mol. The van der Waals surface area contributed by atoms with Gasteiger partial charge in [-0.05, 0) is 26.8 Å². The Morgan fingerprint density at radius 3 is 2.37 bits per heavy atom. The fourth-order valence-electron chi connectivity index (χ4n) is 2.28. The van der Waals surface area contributed by atoms with Gasteiger partial charge in [-0.1, -0.05) is 6.07 Å². The number of methoxy groups -OCH3 is 2. The van der Waals surface area contributed by atoms with Crippen LogP contribution in [0.25, 0.3) is 0 Å². The molecule has 1 aromatic rings. The minimum atomic E-state index is 0.126. The molecule has 1 aromatic carbocycles. The van der Waals surface area contributed by atoms with Gasteiger partial charge in [0.15, 0.2) is 0 Å². The van der Waals surface area contributed by atoms with Crippen LogP contribution in [0.3, 0.4) is 0 Å². The Balaban J connectivity index is 2.92. The molecule has 0 saturated heterocycles. The van der Waals surface area contributed by atoms with Gasteiger partial charge in [-0.3, -0.25) is 4.90 Å². The lowest BCUT2D eigenvalue weighted by Crippen LogP contribution is -2.36. The summed E-state index contributed by atoms with van der Waals surface area (Å²) >= 11 is 0. The van der Waals surface area contributed by atoms with Crippen molar-refractivity contribution in [2.24, 2.45) is 0 Å². The van der Waals surface area contributed by atoms with Gasteiger partial charge in [-0.15, -0.1) is 0 Å². The summed E-state index contributed by atoms with van der Waals surface area (Å²) in [5.41, 5.74) is 0.908. The predicted octanol–water partition coefficient (Wildman–Crippen LogP) is 2.82. The van der Waals surface area contributed by atoms with E-state index >= 15 is 0 Å². The number of aromatic hydroxyl groups is 1. The Morgan fingerprint density at radius 1 is 1.21 bits per heavy atom. The zero-order valence-electron chi connectivity index (χ0n) is 12.5. The van der Waals surface area contributed by atoms with Crippen LogP contribution in [0.5, 0.6) is 11.5 Å². The Bertz CT molecular complexity index is 393. The predicted molar refractivity (Wildman–Crippen MR) is 76.8 cm³/mol. The molecular formula is C15H25NO3. The fraction of sp³-hybridized carbons (Fsp3) is 0.600. The zero-order chi connectivity index (χ0) is 14.4. The largest absolute Gasteiger partial charge is 0.507 e. The lowest BCUT2D eigenvalue weighted by molar-refractivity contribution is 0.101. The maximum absolute atomic E-state index is 10.1. The summed E-state index contributed by atoms with van der Waals surface area (Å²) < 4.78 is 10.3. The number of hydrogen-bond acceptors (Lipinski definition) is 4. The summed E-state index contributed by atoms with van der Waals surface area (Å²) in [4.78, 5) is 2.30. The molecule has 0 amide bonds. The first-order valence-corrected chi connectivity index (χ1v) is 6.62. The van der Waals surface area contributed by atoms with E-state index in [4.69, 9.17) is 9.47 Å². The monoisotopic (exact) mass is 267 g/mol. The van der Waals surface area contributed by atoms with Gasteiger partial charge < -0.3 is 14.6 Å². The number of phenols is 1. The number of nitrogens with zero attached hydrogens (tertiary/aromatic N) is 1. The number of benzene rings is 1. The molecule has 0 heterocycles. The normalized spacial score (nSPS) is 13.0. The molecule has 0 aliphatic heterocycles. The third-order valence-electron chi connectivity index (χ3n) is 3.40. The highest BCUT2D eigenvalue weighted by Gasteiger charge is 2.21. The standard InChI is InChI=1S/C15H25NO3/c1-11(2)16(8-9-18-4)12(3)14-7-6-13(19-5)10-15(14)17/h6-7,10-12,17H,8-9H2,1-5H3. The smallest absolute Gasteiger partial charge is 0.124 e. The molecule has 19 heavy (non-hydrogen) atoms. The van der Waals surface area contributed by atoms with Crippen LogP contribution in [0.2, 0.25) is 0 Å². The average Bonchev–Trinajstić information content (AvgIpc) is 2.38. The fourth-order valence-corrected chi connectivity index (χ4v) is 2.28. The summed E-state index contributed by atoms with van der Waals surface area (Å²) in [5, 5.41) is 10.1. The second kappa shape index (κ2) is 7.36. The van der Waals surface area contributed by atoms with Crippen LogP contribution in [0, 0.1) is 0 Å². The molecule has 0 bridgehead atoms. The quantitative estimate of drug-likeness (QED) is 0.825. The summed E-state index contributed by atoms with van der Waals surface area (Å²) in [6.07, 6.45) is 0. The van der Waals surface area contributed by atoms with Crippen molar-refractivity contribution in [3.8, 4) is 11.5 Å². The third-order valence-corrected chi connectivity index (χ3v) is 3.40. The molecule has 0 spiro atoms. The van der Waals surface area contributed by atoms with Crippen LogP contribution in [0.4, 0.5) is 0 Å². The van der Waals surface area contributed by atoms with Gasteiger partial charge in [-0.2, -0.15) is 0 Å². The van der Waals surface area contributed by atoms with Crippen LogP contribution in [-0.4, -0.2) is 43.4 Å². The maximum atomic E-state index is 10.1. The van der Waals surface area contributed by atoms with Crippen molar-refractivity contribution in [2.75, 3.05) is 27.4 Å². The van der Waals surface area contributed by atoms with Gasteiger partial charge in [0.1, 0.15) is 11.5 Å². The highest BCUT2D eigenvalue weighted by atomic mass is 16.5. The Kier molecular flexibility index (Phi) is 6.12. The van der Waals surface area contributed by atoms with E-state index in [1.54, 1.807) is 20.3 Å². The highest BCUT2D eigenvalue weighted by Crippen LogP contribution is 2.32. The van der Waals surface area contributed by atoms with Crippen LogP contribution in [0.1, 0.15) is 32.4 Å². The Hall–Kier alpha value is -1.26. The van der Waals surface area contributed by atoms with E-state index in [0.29, 0.717) is 18.4 Å². The van der Waals surface area contributed by atoms with Crippen molar-refractivity contribution in [3.63, 3.8) is 0 Å². The molecule has 0 aliphatic carbocycles. The number of hydrogen-bond donors (Lipinski definition) is 1. The van der Waals surface area contributed by atoms with Gasteiger partial charge >= 0.3 is 0 Å². The molecule has 0 aliphatic rings.